The van der Waals surface area contributed by atoms with Gasteiger partial charge in [0.1, 0.15) is 5.82 Å². The van der Waals surface area contributed by atoms with Crippen molar-refractivity contribution in [2.75, 3.05) is 0 Å². The van der Waals surface area contributed by atoms with Crippen LogP contribution in [0.5, 0.6) is 0 Å². The maximum atomic E-state index is 13.0. The van der Waals surface area contributed by atoms with E-state index in [1.807, 2.05) is 13.0 Å². The summed E-state index contributed by atoms with van der Waals surface area (Å²) in [6, 6.07) is 8.01. The SMILES string of the molecule is C[C@H]1C(c2ccc(F)cc2)=NO[C@H]1C(=O)NCc1cc(C2CC2)n[nH]1. The number of halogens is 1. The molecule has 1 amide bonds. The van der Waals surface area contributed by atoms with E-state index < -0.39 is 6.10 Å². The van der Waals surface area contributed by atoms with Gasteiger partial charge in [0.25, 0.3) is 5.91 Å². The van der Waals surface area contributed by atoms with E-state index in [1.165, 1.54) is 25.0 Å². The van der Waals surface area contributed by atoms with Crippen LogP contribution in [0.15, 0.2) is 35.5 Å². The van der Waals surface area contributed by atoms with Crippen molar-refractivity contribution in [1.82, 2.24) is 15.5 Å². The summed E-state index contributed by atoms with van der Waals surface area (Å²) >= 11 is 0. The van der Waals surface area contributed by atoms with Crippen LogP contribution in [0.25, 0.3) is 0 Å². The monoisotopic (exact) mass is 342 g/mol. The number of nitrogens with one attached hydrogen (secondary N) is 2. The number of hydrogen-bond acceptors (Lipinski definition) is 4. The number of hydrogen-bond donors (Lipinski definition) is 2. The highest BCUT2D eigenvalue weighted by atomic mass is 19.1. The van der Waals surface area contributed by atoms with E-state index in [0.29, 0.717) is 18.2 Å². The molecule has 1 fully saturated rings. The molecule has 0 spiro atoms. The van der Waals surface area contributed by atoms with Gasteiger partial charge in [-0.2, -0.15) is 5.10 Å². The highest BCUT2D eigenvalue weighted by Crippen LogP contribution is 2.38. The third-order valence-corrected chi connectivity index (χ3v) is 4.65. The van der Waals surface area contributed by atoms with Crippen LogP contribution in [0.1, 0.15) is 42.6 Å². The van der Waals surface area contributed by atoms with Gasteiger partial charge in [-0.3, -0.25) is 9.89 Å². The summed E-state index contributed by atoms with van der Waals surface area (Å²) in [4.78, 5) is 17.7. The lowest BCUT2D eigenvalue weighted by atomic mass is 9.94. The first-order valence-electron chi connectivity index (χ1n) is 8.43. The van der Waals surface area contributed by atoms with Crippen LogP contribution in [-0.2, 0) is 16.2 Å². The fourth-order valence-electron chi connectivity index (χ4n) is 2.98. The minimum atomic E-state index is -0.689. The Morgan fingerprint density at radius 3 is 2.84 bits per heavy atom. The molecule has 2 atom stereocenters. The maximum Gasteiger partial charge on any atom is 0.264 e. The zero-order chi connectivity index (χ0) is 17.4. The lowest BCUT2D eigenvalue weighted by Gasteiger charge is -2.14. The first-order chi connectivity index (χ1) is 12.1. The lowest BCUT2D eigenvalue weighted by Crippen LogP contribution is -2.39. The number of carbonyl (C=O) groups excluding carboxylic acids is 1. The predicted molar refractivity (Wildman–Crippen MR) is 89.4 cm³/mol. The Morgan fingerprint density at radius 1 is 1.36 bits per heavy atom. The first kappa shape index (κ1) is 15.8. The molecule has 2 aliphatic rings. The number of benzene rings is 1. The highest BCUT2D eigenvalue weighted by Gasteiger charge is 2.36. The van der Waals surface area contributed by atoms with Gasteiger partial charge in [0.2, 0.25) is 6.10 Å². The van der Waals surface area contributed by atoms with Crippen molar-refractivity contribution in [3.05, 3.63) is 53.1 Å². The van der Waals surface area contributed by atoms with Gasteiger partial charge in [-0.15, -0.1) is 0 Å². The Balaban J connectivity index is 1.35. The minimum absolute atomic E-state index is 0.214. The van der Waals surface area contributed by atoms with Gasteiger partial charge in [-0.1, -0.05) is 24.2 Å². The Labute approximate surface area is 144 Å². The summed E-state index contributed by atoms with van der Waals surface area (Å²) in [5, 5.41) is 14.1. The fraction of sp³-hybridized carbons (Fsp3) is 0.389. The molecule has 0 radical (unpaired) electrons. The number of rotatable bonds is 5. The third-order valence-electron chi connectivity index (χ3n) is 4.65. The van der Waals surface area contributed by atoms with Crippen molar-refractivity contribution >= 4 is 11.6 Å². The molecule has 130 valence electrons. The molecule has 1 aromatic heterocycles. The summed E-state index contributed by atoms with van der Waals surface area (Å²) in [6.45, 7) is 2.25. The number of H-pyrrole nitrogens is 1. The molecular weight excluding hydrogens is 323 g/mol. The standard InChI is InChI=1S/C18H19FN4O2/c1-10-16(12-4-6-13(19)7-5-12)23-25-17(10)18(24)20-9-14-8-15(22-21-14)11-2-3-11/h4-8,10-11,17H,2-3,9H2,1H3,(H,20,24)(H,21,22)/t10-,17+/m0/s1. The Hall–Kier alpha value is -2.70. The van der Waals surface area contributed by atoms with Crippen molar-refractivity contribution in [3.63, 3.8) is 0 Å². The van der Waals surface area contributed by atoms with Crippen molar-refractivity contribution in [1.29, 1.82) is 0 Å². The largest absolute Gasteiger partial charge is 0.381 e. The normalized spacial score (nSPS) is 22.4. The molecule has 2 heterocycles. The molecule has 6 nitrogen and oxygen atoms in total. The molecule has 0 saturated heterocycles. The second-order valence-electron chi connectivity index (χ2n) is 6.61. The van der Waals surface area contributed by atoms with E-state index in [4.69, 9.17) is 4.84 Å². The average Bonchev–Trinajstić information content (AvgIpc) is 3.23. The van der Waals surface area contributed by atoms with Crippen LogP contribution in [0.4, 0.5) is 4.39 Å². The molecule has 2 aromatic rings. The Bertz CT molecular complexity index is 811. The molecule has 1 saturated carbocycles. The number of nitrogens with zero attached hydrogens (tertiary/aromatic N) is 2. The van der Waals surface area contributed by atoms with E-state index in [2.05, 4.69) is 20.7 Å². The van der Waals surface area contributed by atoms with Crippen LogP contribution >= 0.6 is 0 Å². The summed E-state index contributed by atoms with van der Waals surface area (Å²) in [5.74, 6) is -0.175. The van der Waals surface area contributed by atoms with Crippen LogP contribution in [-0.4, -0.2) is 27.9 Å². The highest BCUT2D eigenvalue weighted by molar-refractivity contribution is 6.05. The molecule has 0 unspecified atom stereocenters. The van der Waals surface area contributed by atoms with Crippen LogP contribution in [0.2, 0.25) is 0 Å². The smallest absolute Gasteiger partial charge is 0.264 e. The number of carbonyl (C=O) groups is 1. The van der Waals surface area contributed by atoms with Crippen LogP contribution < -0.4 is 5.32 Å². The van der Waals surface area contributed by atoms with E-state index in [1.54, 1.807) is 12.1 Å². The molecule has 1 aromatic carbocycles. The molecular formula is C18H19FN4O2. The van der Waals surface area contributed by atoms with E-state index in [0.717, 1.165) is 17.0 Å². The fourth-order valence-corrected chi connectivity index (χ4v) is 2.98. The van der Waals surface area contributed by atoms with Gasteiger partial charge in [-0.25, -0.2) is 4.39 Å². The second-order valence-corrected chi connectivity index (χ2v) is 6.61. The van der Waals surface area contributed by atoms with Gasteiger partial charge >= 0.3 is 0 Å². The van der Waals surface area contributed by atoms with Crippen molar-refractivity contribution in [3.8, 4) is 0 Å². The van der Waals surface area contributed by atoms with Crippen LogP contribution in [0, 0.1) is 11.7 Å². The number of aromatic amines is 1. The summed E-state index contributed by atoms with van der Waals surface area (Å²) < 4.78 is 13.0. The topological polar surface area (TPSA) is 79.4 Å². The van der Waals surface area contributed by atoms with E-state index >= 15 is 0 Å². The van der Waals surface area contributed by atoms with E-state index in [-0.39, 0.29) is 17.6 Å². The molecule has 1 aliphatic heterocycles. The summed E-state index contributed by atoms with van der Waals surface area (Å²) in [7, 11) is 0. The Kier molecular flexibility index (Phi) is 3.99. The lowest BCUT2D eigenvalue weighted by molar-refractivity contribution is -0.133. The average molecular weight is 342 g/mol. The van der Waals surface area contributed by atoms with Gasteiger partial charge in [0.15, 0.2) is 0 Å². The third kappa shape index (κ3) is 3.26. The molecule has 4 rings (SSSR count). The number of aromatic nitrogens is 2. The molecule has 1 aliphatic carbocycles. The van der Waals surface area contributed by atoms with Crippen LogP contribution in [0.3, 0.4) is 0 Å². The van der Waals surface area contributed by atoms with Gasteiger partial charge in [0, 0.05) is 5.92 Å². The number of amides is 1. The summed E-state index contributed by atoms with van der Waals surface area (Å²) in [5.41, 5.74) is 3.35. The van der Waals surface area contributed by atoms with Gasteiger partial charge in [0.05, 0.1) is 29.6 Å². The maximum absolute atomic E-state index is 13.0. The van der Waals surface area contributed by atoms with E-state index in [9.17, 15) is 9.18 Å². The molecule has 7 heteroatoms. The van der Waals surface area contributed by atoms with Gasteiger partial charge < -0.3 is 10.2 Å². The Morgan fingerprint density at radius 2 is 2.12 bits per heavy atom. The molecule has 0 bridgehead atoms. The zero-order valence-electron chi connectivity index (χ0n) is 13.8. The second kappa shape index (κ2) is 6.31. The minimum Gasteiger partial charge on any atom is -0.381 e. The number of oxime groups is 1. The summed E-state index contributed by atoms with van der Waals surface area (Å²) in [6.07, 6.45) is 1.69. The van der Waals surface area contributed by atoms with Crippen molar-refractivity contribution < 1.29 is 14.0 Å². The van der Waals surface area contributed by atoms with Crippen molar-refractivity contribution in [2.45, 2.75) is 38.3 Å². The first-order valence-corrected chi connectivity index (χ1v) is 8.43. The molecule has 25 heavy (non-hydrogen) atoms. The quantitative estimate of drug-likeness (QED) is 0.876. The predicted octanol–water partition coefficient (Wildman–Crippen LogP) is 2.48. The zero-order valence-corrected chi connectivity index (χ0v) is 13.8. The van der Waals surface area contributed by atoms with Gasteiger partial charge in [-0.05, 0) is 36.6 Å². The van der Waals surface area contributed by atoms with Crippen molar-refractivity contribution in [2.24, 2.45) is 11.1 Å². The molecule has 2 N–H and O–H groups in total.